The molecule has 2 amide bonds. The van der Waals surface area contributed by atoms with Crippen LogP contribution < -0.4 is 10.6 Å². The van der Waals surface area contributed by atoms with Gasteiger partial charge in [-0.25, -0.2) is 4.39 Å². The summed E-state index contributed by atoms with van der Waals surface area (Å²) in [6, 6.07) is 3.94. The molecule has 142 valence electrons. The van der Waals surface area contributed by atoms with E-state index in [1.807, 2.05) is 32.7 Å². The number of nitrogens with one attached hydrogen (secondary N) is 2. The second-order valence-electron chi connectivity index (χ2n) is 7.29. The van der Waals surface area contributed by atoms with Gasteiger partial charge in [0.1, 0.15) is 5.82 Å². The Morgan fingerprint density at radius 3 is 2.58 bits per heavy atom. The zero-order valence-corrected chi connectivity index (χ0v) is 16.0. The van der Waals surface area contributed by atoms with Gasteiger partial charge in [-0.1, -0.05) is 6.92 Å². The van der Waals surface area contributed by atoms with Crippen LogP contribution in [0.5, 0.6) is 0 Å². The number of benzene rings is 1. The van der Waals surface area contributed by atoms with E-state index < -0.39 is 11.7 Å². The van der Waals surface area contributed by atoms with Crippen LogP contribution in [-0.2, 0) is 4.79 Å². The van der Waals surface area contributed by atoms with Gasteiger partial charge in [0, 0.05) is 17.6 Å². The van der Waals surface area contributed by atoms with E-state index in [0.29, 0.717) is 25.1 Å². The van der Waals surface area contributed by atoms with Crippen LogP contribution in [0.3, 0.4) is 0 Å². The van der Waals surface area contributed by atoms with Gasteiger partial charge in [0.05, 0.1) is 23.9 Å². The van der Waals surface area contributed by atoms with Gasteiger partial charge in [-0.2, -0.15) is 5.10 Å². The highest BCUT2D eigenvalue weighted by Gasteiger charge is 2.36. The third-order valence-corrected chi connectivity index (χ3v) is 4.28. The number of halogens is 1. The highest BCUT2D eigenvalue weighted by atomic mass is 19.1. The zero-order chi connectivity index (χ0) is 19.5. The van der Waals surface area contributed by atoms with Gasteiger partial charge in [-0.15, -0.1) is 0 Å². The van der Waals surface area contributed by atoms with Crippen molar-refractivity contribution >= 4 is 23.2 Å². The molecule has 0 radical (unpaired) electrons. The molecule has 0 aliphatic carbocycles. The molecule has 2 N–H and O–H groups in total. The number of carbonyl (C=O) groups is 2. The first-order valence-electron chi connectivity index (χ1n) is 8.91. The maximum Gasteiger partial charge on any atom is 0.251 e. The maximum absolute atomic E-state index is 14.1. The van der Waals surface area contributed by atoms with Crippen molar-refractivity contribution in [2.75, 3.05) is 18.4 Å². The summed E-state index contributed by atoms with van der Waals surface area (Å²) >= 11 is 0. The Labute approximate surface area is 153 Å². The predicted molar refractivity (Wildman–Crippen MR) is 101 cm³/mol. The first-order chi connectivity index (χ1) is 12.2. The summed E-state index contributed by atoms with van der Waals surface area (Å²) in [6.45, 7) is 10.8. The van der Waals surface area contributed by atoms with Crippen molar-refractivity contribution in [2.45, 2.75) is 46.6 Å². The molecular weight excluding hydrogens is 335 g/mol. The molecule has 0 saturated carbocycles. The number of rotatable bonds is 5. The number of carbonyl (C=O) groups excluding carboxylic acids is 2. The Hall–Kier alpha value is -2.44. The lowest BCUT2D eigenvalue weighted by atomic mass is 9.99. The van der Waals surface area contributed by atoms with E-state index >= 15 is 0 Å². The first kappa shape index (κ1) is 19.9. The highest BCUT2D eigenvalue weighted by molar-refractivity contribution is 6.10. The monoisotopic (exact) mass is 362 g/mol. The fraction of sp³-hybridized carbons (Fsp3) is 0.526. The molecule has 1 aliphatic rings. The standard InChI is InChI=1S/C19H27FN4O2/c1-6-15-13(11-24(23-15)19(3,4)5)18(26)22-16-10-12(8-9-14(16)20)17(25)21-7-2/h8-10,13H,6-7,11H2,1-5H3,(H,21,25)(H,22,26). The average Bonchev–Trinajstić information content (AvgIpc) is 3.01. The van der Waals surface area contributed by atoms with Gasteiger partial charge >= 0.3 is 0 Å². The number of anilines is 1. The smallest absolute Gasteiger partial charge is 0.251 e. The van der Waals surface area contributed by atoms with E-state index in [0.717, 1.165) is 5.71 Å². The Bertz CT molecular complexity index is 725. The number of amides is 2. The minimum Gasteiger partial charge on any atom is -0.352 e. The van der Waals surface area contributed by atoms with Gasteiger partial charge < -0.3 is 10.6 Å². The van der Waals surface area contributed by atoms with Crippen molar-refractivity contribution in [3.63, 3.8) is 0 Å². The molecule has 0 bridgehead atoms. The number of hydrazone groups is 1. The molecule has 1 atom stereocenters. The van der Waals surface area contributed by atoms with Gasteiger partial charge in [-0.05, 0) is 52.3 Å². The molecule has 0 fully saturated rings. The van der Waals surface area contributed by atoms with Crippen LogP contribution >= 0.6 is 0 Å². The SMILES string of the molecule is CCNC(=O)c1ccc(F)c(NC(=O)C2CN(C(C)(C)C)N=C2CC)c1. The molecule has 0 aromatic heterocycles. The third kappa shape index (κ3) is 4.39. The van der Waals surface area contributed by atoms with Crippen molar-refractivity contribution < 1.29 is 14.0 Å². The van der Waals surface area contributed by atoms with Crippen LogP contribution in [0.4, 0.5) is 10.1 Å². The van der Waals surface area contributed by atoms with Crippen molar-refractivity contribution in [1.82, 2.24) is 10.3 Å². The van der Waals surface area contributed by atoms with E-state index in [2.05, 4.69) is 15.7 Å². The average molecular weight is 362 g/mol. The Kier molecular flexibility index (Phi) is 6.00. The second kappa shape index (κ2) is 7.85. The summed E-state index contributed by atoms with van der Waals surface area (Å²) in [6.07, 6.45) is 0.645. The van der Waals surface area contributed by atoms with E-state index in [-0.39, 0.29) is 23.0 Å². The summed E-state index contributed by atoms with van der Waals surface area (Å²) in [5, 5.41) is 11.7. The maximum atomic E-state index is 14.1. The van der Waals surface area contributed by atoms with Crippen LogP contribution in [0.25, 0.3) is 0 Å². The molecule has 1 aromatic carbocycles. The number of nitrogens with zero attached hydrogens (tertiary/aromatic N) is 2. The number of hydrogen-bond donors (Lipinski definition) is 2. The molecule has 0 saturated heterocycles. The fourth-order valence-electron chi connectivity index (χ4n) is 2.76. The Morgan fingerprint density at radius 1 is 1.31 bits per heavy atom. The fourth-order valence-corrected chi connectivity index (χ4v) is 2.76. The molecule has 1 unspecified atom stereocenters. The lowest BCUT2D eigenvalue weighted by Gasteiger charge is -2.30. The van der Waals surface area contributed by atoms with Crippen molar-refractivity contribution in [3.05, 3.63) is 29.6 Å². The van der Waals surface area contributed by atoms with Crippen molar-refractivity contribution in [3.8, 4) is 0 Å². The molecule has 1 aromatic rings. The lowest BCUT2D eigenvalue weighted by molar-refractivity contribution is -0.118. The topological polar surface area (TPSA) is 73.8 Å². The van der Waals surface area contributed by atoms with Gasteiger partial charge in [0.2, 0.25) is 5.91 Å². The molecule has 1 heterocycles. The molecule has 26 heavy (non-hydrogen) atoms. The van der Waals surface area contributed by atoms with Gasteiger partial charge in [0.25, 0.3) is 5.91 Å². The quantitative estimate of drug-likeness (QED) is 0.846. The molecule has 6 nitrogen and oxygen atoms in total. The van der Waals surface area contributed by atoms with Crippen LogP contribution in [0.1, 0.15) is 51.4 Å². The molecule has 7 heteroatoms. The molecule has 1 aliphatic heterocycles. The van der Waals surface area contributed by atoms with Crippen molar-refractivity contribution in [2.24, 2.45) is 11.0 Å². The van der Waals surface area contributed by atoms with Crippen LogP contribution in [0.2, 0.25) is 0 Å². The summed E-state index contributed by atoms with van der Waals surface area (Å²) in [4.78, 5) is 24.7. The normalized spacial score (nSPS) is 17.1. The molecule has 0 spiro atoms. The number of hydrogen-bond acceptors (Lipinski definition) is 4. The third-order valence-electron chi connectivity index (χ3n) is 4.28. The summed E-state index contributed by atoms with van der Waals surface area (Å²) in [7, 11) is 0. The Morgan fingerprint density at radius 2 is 2.00 bits per heavy atom. The van der Waals surface area contributed by atoms with Gasteiger partial charge in [0.15, 0.2) is 0 Å². The van der Waals surface area contributed by atoms with Crippen LogP contribution in [0, 0.1) is 11.7 Å². The summed E-state index contributed by atoms with van der Waals surface area (Å²) in [5.41, 5.74) is 0.885. The molecular formula is C19H27FN4O2. The largest absolute Gasteiger partial charge is 0.352 e. The highest BCUT2D eigenvalue weighted by Crippen LogP contribution is 2.26. The van der Waals surface area contributed by atoms with E-state index in [1.165, 1.54) is 18.2 Å². The molecule has 2 rings (SSSR count). The second-order valence-corrected chi connectivity index (χ2v) is 7.29. The lowest BCUT2D eigenvalue weighted by Crippen LogP contribution is -2.39. The predicted octanol–water partition coefficient (Wildman–Crippen LogP) is 3.01. The van der Waals surface area contributed by atoms with E-state index in [1.54, 1.807) is 6.92 Å². The Balaban J connectivity index is 2.18. The zero-order valence-electron chi connectivity index (χ0n) is 16.0. The van der Waals surface area contributed by atoms with Gasteiger partial charge in [-0.3, -0.25) is 14.6 Å². The first-order valence-corrected chi connectivity index (χ1v) is 8.91. The minimum atomic E-state index is -0.577. The van der Waals surface area contributed by atoms with Crippen LogP contribution in [0.15, 0.2) is 23.3 Å². The van der Waals surface area contributed by atoms with E-state index in [4.69, 9.17) is 0 Å². The van der Waals surface area contributed by atoms with Crippen LogP contribution in [-0.4, -0.2) is 41.2 Å². The minimum absolute atomic E-state index is 0.00316. The van der Waals surface area contributed by atoms with E-state index in [9.17, 15) is 14.0 Å². The summed E-state index contributed by atoms with van der Waals surface area (Å²) < 4.78 is 14.1. The van der Waals surface area contributed by atoms with Crippen molar-refractivity contribution in [1.29, 1.82) is 0 Å². The summed E-state index contributed by atoms with van der Waals surface area (Å²) in [5.74, 6) is -1.64.